The van der Waals surface area contributed by atoms with Gasteiger partial charge in [0.15, 0.2) is 6.04 Å². The molecular weight excluding hydrogens is 224 g/mol. The third-order valence-electron chi connectivity index (χ3n) is 2.13. The molecule has 0 bridgehead atoms. The van der Waals surface area contributed by atoms with Gasteiger partial charge in [0.1, 0.15) is 5.04 Å². The van der Waals surface area contributed by atoms with E-state index in [1.54, 1.807) is 23.5 Å². The van der Waals surface area contributed by atoms with E-state index >= 15 is 0 Å². The molecule has 0 amide bonds. The van der Waals surface area contributed by atoms with Gasteiger partial charge in [0.25, 0.3) is 0 Å². The van der Waals surface area contributed by atoms with Crippen molar-refractivity contribution in [1.29, 1.82) is 5.26 Å². The van der Waals surface area contributed by atoms with Gasteiger partial charge in [-0.3, -0.25) is 4.99 Å². The molecule has 1 aromatic carbocycles. The second kappa shape index (κ2) is 4.73. The molecule has 0 saturated heterocycles. The van der Waals surface area contributed by atoms with Gasteiger partial charge in [-0.15, -0.1) is 11.8 Å². The minimum atomic E-state index is -0.208. The van der Waals surface area contributed by atoms with Gasteiger partial charge in [-0.2, -0.15) is 5.26 Å². The molecule has 0 saturated carbocycles. The van der Waals surface area contributed by atoms with E-state index in [2.05, 4.69) is 11.1 Å². The molecule has 0 radical (unpaired) electrons. The molecule has 2 rings (SSSR count). The topological polar surface area (TPSA) is 36.1 Å². The van der Waals surface area contributed by atoms with Gasteiger partial charge in [-0.25, -0.2) is 0 Å². The van der Waals surface area contributed by atoms with Crippen molar-refractivity contribution in [3.05, 3.63) is 35.9 Å². The highest BCUT2D eigenvalue weighted by atomic mass is 32.2. The molecule has 76 valence electrons. The zero-order chi connectivity index (χ0) is 10.7. The molecule has 0 N–H and O–H groups in total. The lowest BCUT2D eigenvalue weighted by molar-refractivity contribution is 0.941. The summed E-state index contributed by atoms with van der Waals surface area (Å²) in [4.78, 5) is 4.43. The number of nitrogens with zero attached hydrogens (tertiary/aromatic N) is 2. The molecule has 1 aromatic rings. The minimum absolute atomic E-state index is 0.208. The third kappa shape index (κ3) is 2.19. The van der Waals surface area contributed by atoms with Crippen LogP contribution < -0.4 is 0 Å². The summed E-state index contributed by atoms with van der Waals surface area (Å²) in [5.41, 5.74) is 1.11. The molecule has 0 spiro atoms. The van der Waals surface area contributed by atoms with E-state index in [1.165, 1.54) is 0 Å². The van der Waals surface area contributed by atoms with Gasteiger partial charge in [0.05, 0.1) is 10.7 Å². The summed E-state index contributed by atoms with van der Waals surface area (Å²) in [6.45, 7) is 0. The van der Waals surface area contributed by atoms with Gasteiger partial charge in [-0.1, -0.05) is 42.1 Å². The Balaban J connectivity index is 2.24. The van der Waals surface area contributed by atoms with Crippen LogP contribution in [0.2, 0.25) is 0 Å². The fourth-order valence-corrected chi connectivity index (χ4v) is 3.34. The predicted molar refractivity (Wildman–Crippen MR) is 67.3 cm³/mol. The van der Waals surface area contributed by atoms with Crippen molar-refractivity contribution in [2.24, 2.45) is 4.99 Å². The van der Waals surface area contributed by atoms with Crippen molar-refractivity contribution in [3.8, 4) is 6.07 Å². The van der Waals surface area contributed by atoms with Gasteiger partial charge in [0.2, 0.25) is 0 Å². The van der Waals surface area contributed by atoms with Crippen LogP contribution >= 0.6 is 23.5 Å². The standard InChI is InChI=1S/C11H10N2S2/c1-14-11-9(7-12)13-10(15-11)8-5-3-2-4-6-8/h2-6,9,11H,1H3. The fourth-order valence-electron chi connectivity index (χ4n) is 1.38. The fraction of sp³-hybridized carbons (Fsp3) is 0.273. The average molecular weight is 234 g/mol. The van der Waals surface area contributed by atoms with Gasteiger partial charge in [0, 0.05) is 5.56 Å². The van der Waals surface area contributed by atoms with Crippen molar-refractivity contribution in [1.82, 2.24) is 0 Å². The van der Waals surface area contributed by atoms with E-state index in [-0.39, 0.29) is 10.6 Å². The van der Waals surface area contributed by atoms with E-state index in [0.29, 0.717) is 0 Å². The van der Waals surface area contributed by atoms with E-state index < -0.39 is 0 Å². The van der Waals surface area contributed by atoms with Crippen molar-refractivity contribution in [2.75, 3.05) is 6.26 Å². The number of aliphatic imine (C=N–C) groups is 1. The molecule has 2 nitrogen and oxygen atoms in total. The molecular formula is C11H10N2S2. The monoisotopic (exact) mass is 234 g/mol. The number of hydrogen-bond donors (Lipinski definition) is 0. The first kappa shape index (κ1) is 10.6. The van der Waals surface area contributed by atoms with E-state index in [0.717, 1.165) is 10.6 Å². The molecule has 1 aliphatic rings. The summed E-state index contributed by atoms with van der Waals surface area (Å²) in [5.74, 6) is 0. The van der Waals surface area contributed by atoms with Gasteiger partial charge in [-0.05, 0) is 6.26 Å². The molecule has 4 heteroatoms. The molecule has 0 aliphatic carbocycles. The second-order valence-electron chi connectivity index (χ2n) is 3.10. The van der Waals surface area contributed by atoms with Crippen LogP contribution in [0.1, 0.15) is 5.56 Å². The molecule has 1 heterocycles. The van der Waals surface area contributed by atoms with Crippen molar-refractivity contribution in [3.63, 3.8) is 0 Å². The first-order valence-electron chi connectivity index (χ1n) is 4.57. The summed E-state index contributed by atoms with van der Waals surface area (Å²) in [6.07, 6.45) is 2.02. The van der Waals surface area contributed by atoms with Crippen molar-refractivity contribution < 1.29 is 0 Å². The molecule has 2 unspecified atom stereocenters. The Morgan fingerprint density at radius 2 is 2.13 bits per heavy atom. The maximum absolute atomic E-state index is 8.95. The smallest absolute Gasteiger partial charge is 0.159 e. The van der Waals surface area contributed by atoms with Crippen LogP contribution in [-0.2, 0) is 0 Å². The maximum atomic E-state index is 8.95. The minimum Gasteiger partial charge on any atom is -0.257 e. The van der Waals surface area contributed by atoms with Crippen LogP contribution in [-0.4, -0.2) is 21.9 Å². The van der Waals surface area contributed by atoms with Gasteiger partial charge >= 0.3 is 0 Å². The molecule has 15 heavy (non-hydrogen) atoms. The number of thioether (sulfide) groups is 2. The average Bonchev–Trinajstić information content (AvgIpc) is 2.73. The summed E-state index contributed by atoms with van der Waals surface area (Å²) in [6, 6.07) is 12.1. The lowest BCUT2D eigenvalue weighted by atomic mass is 10.2. The van der Waals surface area contributed by atoms with Gasteiger partial charge < -0.3 is 0 Å². The Hall–Kier alpha value is -0.920. The zero-order valence-corrected chi connectivity index (χ0v) is 9.89. The Morgan fingerprint density at radius 1 is 1.40 bits per heavy atom. The molecule has 0 aromatic heterocycles. The number of nitriles is 1. The highest BCUT2D eigenvalue weighted by molar-refractivity contribution is 8.25. The zero-order valence-electron chi connectivity index (χ0n) is 8.25. The summed E-state index contributed by atoms with van der Waals surface area (Å²) in [7, 11) is 0. The summed E-state index contributed by atoms with van der Waals surface area (Å²) >= 11 is 3.38. The Morgan fingerprint density at radius 3 is 2.67 bits per heavy atom. The number of rotatable bonds is 2. The van der Waals surface area contributed by atoms with Crippen LogP contribution in [0.3, 0.4) is 0 Å². The maximum Gasteiger partial charge on any atom is 0.159 e. The lowest BCUT2D eigenvalue weighted by Crippen LogP contribution is -2.09. The van der Waals surface area contributed by atoms with Crippen molar-refractivity contribution >= 4 is 28.6 Å². The normalized spacial score (nSPS) is 24.7. The Kier molecular flexibility index (Phi) is 3.34. The number of benzene rings is 1. The van der Waals surface area contributed by atoms with E-state index in [9.17, 15) is 0 Å². The lowest BCUT2D eigenvalue weighted by Gasteiger charge is -2.06. The molecule has 0 fully saturated rings. The van der Waals surface area contributed by atoms with E-state index in [4.69, 9.17) is 5.26 Å². The Labute approximate surface area is 97.8 Å². The summed E-state index contributed by atoms with van der Waals surface area (Å²) < 4.78 is 0.241. The first-order chi connectivity index (χ1) is 7.35. The Bertz CT molecular complexity index is 408. The largest absolute Gasteiger partial charge is 0.257 e. The van der Waals surface area contributed by atoms with Crippen LogP contribution in [0.5, 0.6) is 0 Å². The molecule has 1 aliphatic heterocycles. The quantitative estimate of drug-likeness (QED) is 0.789. The van der Waals surface area contributed by atoms with Crippen LogP contribution in [0.25, 0.3) is 0 Å². The first-order valence-corrected chi connectivity index (χ1v) is 6.74. The molecule has 2 atom stereocenters. The van der Waals surface area contributed by atoms with Crippen LogP contribution in [0.15, 0.2) is 35.3 Å². The third-order valence-corrected chi connectivity index (χ3v) is 4.77. The van der Waals surface area contributed by atoms with Crippen LogP contribution in [0.4, 0.5) is 0 Å². The summed E-state index contributed by atoms with van der Waals surface area (Å²) in [5, 5.41) is 9.94. The predicted octanol–water partition coefficient (Wildman–Crippen LogP) is 2.76. The second-order valence-corrected chi connectivity index (χ2v) is 5.50. The van der Waals surface area contributed by atoms with Crippen LogP contribution in [0, 0.1) is 11.3 Å². The van der Waals surface area contributed by atoms with E-state index in [1.807, 2.05) is 36.6 Å². The van der Waals surface area contributed by atoms with Crippen molar-refractivity contribution in [2.45, 2.75) is 10.6 Å². The highest BCUT2D eigenvalue weighted by Crippen LogP contribution is 2.35. The SMILES string of the molecule is CSC1SC(c2ccccc2)=NC1C#N. The highest BCUT2D eigenvalue weighted by Gasteiger charge is 2.29. The number of hydrogen-bond acceptors (Lipinski definition) is 4.